The van der Waals surface area contributed by atoms with Crippen molar-refractivity contribution in [2.24, 2.45) is 11.0 Å². The minimum Gasteiger partial charge on any atom is -0.468 e. The summed E-state index contributed by atoms with van der Waals surface area (Å²) in [6.07, 6.45) is 1.18. The lowest BCUT2D eigenvalue weighted by Crippen LogP contribution is -2.52. The Morgan fingerprint density at radius 1 is 1.65 bits per heavy atom. The van der Waals surface area contributed by atoms with Crippen LogP contribution < -0.4 is 16.3 Å². The van der Waals surface area contributed by atoms with E-state index < -0.39 is 25.5 Å². The third-order valence-electron chi connectivity index (χ3n) is 2.51. The predicted molar refractivity (Wildman–Crippen MR) is 60.7 cm³/mol. The van der Waals surface area contributed by atoms with Crippen LogP contribution in [0.5, 0.6) is 0 Å². The van der Waals surface area contributed by atoms with E-state index in [1.54, 1.807) is 0 Å². The van der Waals surface area contributed by atoms with Crippen LogP contribution in [0.15, 0.2) is 0 Å². The molecule has 0 bridgehead atoms. The van der Waals surface area contributed by atoms with Gasteiger partial charge in [0.05, 0.1) is 19.7 Å². The lowest BCUT2D eigenvalue weighted by Gasteiger charge is -2.33. The SMILES string of the molecule is COC(=O)CN[C@H]1CCCN(P(N)(N)=O)C1=O. The summed E-state index contributed by atoms with van der Waals surface area (Å²) < 4.78 is 16.9. The van der Waals surface area contributed by atoms with Crippen molar-refractivity contribution in [1.29, 1.82) is 0 Å². The van der Waals surface area contributed by atoms with E-state index in [-0.39, 0.29) is 13.1 Å². The van der Waals surface area contributed by atoms with E-state index in [0.717, 1.165) is 4.67 Å². The third kappa shape index (κ3) is 3.78. The fraction of sp³-hybridized carbons (Fsp3) is 0.750. The Hall–Kier alpha value is -0.950. The molecule has 0 spiro atoms. The molecule has 0 aliphatic carbocycles. The molecule has 0 saturated carbocycles. The van der Waals surface area contributed by atoms with E-state index >= 15 is 0 Å². The second-order valence-electron chi connectivity index (χ2n) is 3.79. The first kappa shape index (κ1) is 14.1. The molecule has 0 aromatic heterocycles. The molecule has 8 nitrogen and oxygen atoms in total. The Bertz CT molecular complexity index is 355. The molecular weight excluding hydrogens is 247 g/mol. The van der Waals surface area contributed by atoms with Crippen LogP contribution in [0.1, 0.15) is 12.8 Å². The molecule has 5 N–H and O–H groups in total. The summed E-state index contributed by atoms with van der Waals surface area (Å²) in [5.41, 5.74) is 10.5. The molecule has 98 valence electrons. The zero-order valence-electron chi connectivity index (χ0n) is 9.59. The summed E-state index contributed by atoms with van der Waals surface area (Å²) in [7, 11) is -2.30. The summed E-state index contributed by atoms with van der Waals surface area (Å²) in [4.78, 5) is 22.8. The zero-order valence-corrected chi connectivity index (χ0v) is 10.5. The average molecular weight is 264 g/mol. The van der Waals surface area contributed by atoms with Gasteiger partial charge in [0.1, 0.15) is 0 Å². The molecule has 9 heteroatoms. The standard InChI is InChI=1S/C8H17N4O4P/c1-16-7(13)5-11-6-3-2-4-12(8(6)14)17(9,10)15/h6,11H,2-5H2,1H3,(H4,9,10,15)/t6-/m0/s1. The number of hydrogen-bond acceptors (Lipinski definition) is 5. The Labute approximate surface area is 99.2 Å². The molecule has 0 aromatic rings. The number of piperidine rings is 1. The fourth-order valence-corrected chi connectivity index (χ4v) is 2.54. The highest BCUT2D eigenvalue weighted by atomic mass is 31.2. The van der Waals surface area contributed by atoms with Crippen LogP contribution in [0.25, 0.3) is 0 Å². The van der Waals surface area contributed by atoms with Crippen molar-refractivity contribution < 1.29 is 18.9 Å². The number of nitrogens with two attached hydrogens (primary N) is 2. The van der Waals surface area contributed by atoms with Crippen LogP contribution in [0, 0.1) is 0 Å². The average Bonchev–Trinajstić information content (AvgIpc) is 2.25. The second-order valence-corrected chi connectivity index (χ2v) is 5.61. The maximum atomic E-state index is 11.9. The molecule has 0 aromatic carbocycles. The maximum absolute atomic E-state index is 11.9. The molecule has 1 rings (SSSR count). The number of ether oxygens (including phenoxy) is 1. The van der Waals surface area contributed by atoms with Crippen LogP contribution in [0.4, 0.5) is 0 Å². The number of nitrogens with one attached hydrogen (secondary N) is 1. The number of hydrogen-bond donors (Lipinski definition) is 3. The Morgan fingerprint density at radius 2 is 2.29 bits per heavy atom. The van der Waals surface area contributed by atoms with Gasteiger partial charge in [-0.15, -0.1) is 0 Å². The monoisotopic (exact) mass is 264 g/mol. The number of esters is 1. The molecule has 1 saturated heterocycles. The topological polar surface area (TPSA) is 128 Å². The smallest absolute Gasteiger partial charge is 0.319 e. The normalized spacial score (nSPS) is 21.5. The molecule has 17 heavy (non-hydrogen) atoms. The molecule has 0 unspecified atom stereocenters. The van der Waals surface area contributed by atoms with Gasteiger partial charge in [0.15, 0.2) is 0 Å². The third-order valence-corrected chi connectivity index (χ3v) is 3.66. The number of methoxy groups -OCH3 is 1. The summed E-state index contributed by atoms with van der Waals surface area (Å²) in [6, 6.07) is -0.594. The molecule has 1 atom stereocenters. The predicted octanol–water partition coefficient (Wildman–Crippen LogP) is -1.23. The van der Waals surface area contributed by atoms with Crippen molar-refractivity contribution in [3.8, 4) is 0 Å². The maximum Gasteiger partial charge on any atom is 0.319 e. The van der Waals surface area contributed by atoms with Gasteiger partial charge < -0.3 is 4.74 Å². The Balaban J connectivity index is 2.60. The Kier molecular flexibility index (Phi) is 4.64. The highest BCUT2D eigenvalue weighted by molar-refractivity contribution is 7.57. The number of carbonyl (C=O) groups excluding carboxylic acids is 2. The minimum absolute atomic E-state index is 0.0831. The van der Waals surface area contributed by atoms with E-state index in [0.29, 0.717) is 12.8 Å². The van der Waals surface area contributed by atoms with E-state index in [4.69, 9.17) is 11.0 Å². The van der Waals surface area contributed by atoms with E-state index in [2.05, 4.69) is 10.1 Å². The van der Waals surface area contributed by atoms with Crippen molar-refractivity contribution in [1.82, 2.24) is 9.99 Å². The van der Waals surface area contributed by atoms with Crippen molar-refractivity contribution in [3.05, 3.63) is 0 Å². The van der Waals surface area contributed by atoms with Crippen LogP contribution in [-0.4, -0.2) is 42.8 Å². The van der Waals surface area contributed by atoms with Crippen molar-refractivity contribution in [2.45, 2.75) is 18.9 Å². The number of amides is 1. The van der Waals surface area contributed by atoms with Crippen LogP contribution in [0.3, 0.4) is 0 Å². The van der Waals surface area contributed by atoms with Crippen LogP contribution >= 0.6 is 7.59 Å². The first-order chi connectivity index (χ1) is 7.86. The van der Waals surface area contributed by atoms with Gasteiger partial charge in [-0.2, -0.15) is 0 Å². The summed E-state index contributed by atoms with van der Waals surface area (Å²) in [6.45, 7) is 0.194. The summed E-state index contributed by atoms with van der Waals surface area (Å²) in [5.74, 6) is -0.910. The van der Waals surface area contributed by atoms with Gasteiger partial charge in [-0.3, -0.25) is 35.1 Å². The molecular formula is C8H17N4O4P. The van der Waals surface area contributed by atoms with E-state index in [9.17, 15) is 14.2 Å². The first-order valence-corrected chi connectivity index (χ1v) is 6.95. The van der Waals surface area contributed by atoms with Gasteiger partial charge in [0, 0.05) is 6.54 Å². The van der Waals surface area contributed by atoms with Crippen molar-refractivity contribution in [3.63, 3.8) is 0 Å². The lowest BCUT2D eigenvalue weighted by molar-refractivity contribution is -0.140. The lowest BCUT2D eigenvalue weighted by atomic mass is 10.1. The van der Waals surface area contributed by atoms with Gasteiger partial charge in [0.25, 0.3) is 0 Å². The molecule has 1 fully saturated rings. The molecule has 1 aliphatic rings. The number of nitrogens with zero attached hydrogens (tertiary/aromatic N) is 1. The largest absolute Gasteiger partial charge is 0.468 e. The number of carbonyl (C=O) groups is 2. The Morgan fingerprint density at radius 3 is 2.82 bits per heavy atom. The van der Waals surface area contributed by atoms with Gasteiger partial charge in [-0.1, -0.05) is 0 Å². The summed E-state index contributed by atoms with van der Waals surface area (Å²) >= 11 is 0. The van der Waals surface area contributed by atoms with Gasteiger partial charge >= 0.3 is 13.6 Å². The molecule has 1 heterocycles. The second kappa shape index (κ2) is 5.59. The first-order valence-electron chi connectivity index (χ1n) is 5.15. The molecule has 1 amide bonds. The van der Waals surface area contributed by atoms with Crippen molar-refractivity contribution >= 4 is 19.5 Å². The van der Waals surface area contributed by atoms with Crippen molar-refractivity contribution in [2.75, 3.05) is 20.2 Å². The highest BCUT2D eigenvalue weighted by Crippen LogP contribution is 2.35. The number of rotatable bonds is 4. The van der Waals surface area contributed by atoms with E-state index in [1.165, 1.54) is 7.11 Å². The van der Waals surface area contributed by atoms with Gasteiger partial charge in [0.2, 0.25) is 5.91 Å². The van der Waals surface area contributed by atoms with Crippen LogP contribution in [-0.2, 0) is 18.9 Å². The van der Waals surface area contributed by atoms with Gasteiger partial charge in [-0.25, -0.2) is 0 Å². The van der Waals surface area contributed by atoms with E-state index in [1.807, 2.05) is 0 Å². The quantitative estimate of drug-likeness (QED) is 0.428. The molecule has 1 aliphatic heterocycles. The zero-order chi connectivity index (χ0) is 13.1. The van der Waals surface area contributed by atoms with Crippen LogP contribution in [0.2, 0.25) is 0 Å². The fourth-order valence-electron chi connectivity index (χ4n) is 1.64. The highest BCUT2D eigenvalue weighted by Gasteiger charge is 2.35. The molecule has 0 radical (unpaired) electrons. The van der Waals surface area contributed by atoms with Gasteiger partial charge in [-0.05, 0) is 12.8 Å². The minimum atomic E-state index is -3.56. The summed E-state index contributed by atoms with van der Waals surface area (Å²) in [5, 5.41) is 2.73.